The molecule has 4 nitrogen and oxygen atoms in total. The van der Waals surface area contributed by atoms with Crippen LogP contribution in [0.1, 0.15) is 36.8 Å². The second kappa shape index (κ2) is 6.58. The van der Waals surface area contributed by atoms with Crippen molar-refractivity contribution in [3.8, 4) is 0 Å². The van der Waals surface area contributed by atoms with Gasteiger partial charge in [0.2, 0.25) is 0 Å². The number of carboxylic acids is 1. The number of benzene rings is 1. The van der Waals surface area contributed by atoms with Crippen molar-refractivity contribution in [1.29, 1.82) is 0 Å². The summed E-state index contributed by atoms with van der Waals surface area (Å²) >= 11 is 0. The first kappa shape index (κ1) is 14.5. The summed E-state index contributed by atoms with van der Waals surface area (Å²) in [5.41, 5.74) is 2.12. The fourth-order valence-electron chi connectivity index (χ4n) is 3.81. The number of hydrogen-bond acceptors (Lipinski definition) is 3. The van der Waals surface area contributed by atoms with Gasteiger partial charge in [0.05, 0.1) is 6.42 Å². The summed E-state index contributed by atoms with van der Waals surface area (Å²) in [5, 5.41) is 12.7. The lowest BCUT2D eigenvalue weighted by molar-refractivity contribution is -0.136. The standard InChI is InChI=1S/C17H24N2O2/c20-17(21)11-13-5-1-2-6-14(13)12-19-10-4-8-16(19)15-7-3-9-18-15/h1-2,5-6,15-16,18H,3-4,7-12H2,(H,20,21). The van der Waals surface area contributed by atoms with Gasteiger partial charge in [-0.1, -0.05) is 24.3 Å². The highest BCUT2D eigenvalue weighted by atomic mass is 16.4. The van der Waals surface area contributed by atoms with Gasteiger partial charge in [0.1, 0.15) is 0 Å². The molecule has 1 aromatic carbocycles. The Balaban J connectivity index is 1.71. The van der Waals surface area contributed by atoms with Gasteiger partial charge >= 0.3 is 5.97 Å². The Morgan fingerprint density at radius 3 is 2.76 bits per heavy atom. The van der Waals surface area contributed by atoms with Crippen molar-refractivity contribution < 1.29 is 9.90 Å². The van der Waals surface area contributed by atoms with Crippen LogP contribution in [0.3, 0.4) is 0 Å². The van der Waals surface area contributed by atoms with E-state index < -0.39 is 5.97 Å². The zero-order chi connectivity index (χ0) is 14.7. The highest BCUT2D eigenvalue weighted by molar-refractivity contribution is 5.70. The molecule has 0 aromatic heterocycles. The Morgan fingerprint density at radius 2 is 2.05 bits per heavy atom. The molecule has 2 aliphatic heterocycles. The molecule has 0 radical (unpaired) electrons. The van der Waals surface area contributed by atoms with Crippen molar-refractivity contribution in [1.82, 2.24) is 10.2 Å². The van der Waals surface area contributed by atoms with Gasteiger partial charge in [0, 0.05) is 18.6 Å². The molecule has 0 spiro atoms. The molecule has 4 heteroatoms. The maximum absolute atomic E-state index is 11.0. The molecule has 1 aromatic rings. The first-order valence-corrected chi connectivity index (χ1v) is 8.00. The largest absolute Gasteiger partial charge is 0.481 e. The van der Waals surface area contributed by atoms with Crippen LogP contribution in [0.25, 0.3) is 0 Å². The maximum Gasteiger partial charge on any atom is 0.307 e. The Hall–Kier alpha value is -1.39. The quantitative estimate of drug-likeness (QED) is 0.870. The molecular weight excluding hydrogens is 264 g/mol. The molecule has 0 saturated carbocycles. The molecule has 0 aliphatic carbocycles. The molecule has 2 saturated heterocycles. The van der Waals surface area contributed by atoms with E-state index in [9.17, 15) is 4.79 Å². The third kappa shape index (κ3) is 3.44. The van der Waals surface area contributed by atoms with Crippen molar-refractivity contribution >= 4 is 5.97 Å². The van der Waals surface area contributed by atoms with Gasteiger partial charge in [-0.2, -0.15) is 0 Å². The third-order valence-corrected chi connectivity index (χ3v) is 4.81. The van der Waals surface area contributed by atoms with Gasteiger partial charge < -0.3 is 10.4 Å². The lowest BCUT2D eigenvalue weighted by atomic mass is 10.0. The fraction of sp³-hybridized carbons (Fsp3) is 0.588. The number of carboxylic acid groups (broad SMARTS) is 1. The summed E-state index contributed by atoms with van der Waals surface area (Å²) in [4.78, 5) is 13.6. The molecule has 2 N–H and O–H groups in total. The molecule has 2 aliphatic rings. The molecule has 0 amide bonds. The van der Waals surface area contributed by atoms with Crippen molar-refractivity contribution in [3.05, 3.63) is 35.4 Å². The first-order valence-electron chi connectivity index (χ1n) is 8.00. The first-order chi connectivity index (χ1) is 10.2. The molecule has 3 rings (SSSR count). The Kier molecular flexibility index (Phi) is 4.56. The van der Waals surface area contributed by atoms with E-state index in [0.717, 1.165) is 25.2 Å². The lowest BCUT2D eigenvalue weighted by Crippen LogP contribution is -2.43. The zero-order valence-electron chi connectivity index (χ0n) is 12.4. The highest BCUT2D eigenvalue weighted by Crippen LogP contribution is 2.27. The number of nitrogens with one attached hydrogen (secondary N) is 1. The van der Waals surface area contributed by atoms with Crippen LogP contribution in [0.15, 0.2) is 24.3 Å². The van der Waals surface area contributed by atoms with E-state index in [4.69, 9.17) is 5.11 Å². The monoisotopic (exact) mass is 288 g/mol. The van der Waals surface area contributed by atoms with Crippen LogP contribution in [-0.2, 0) is 17.8 Å². The van der Waals surface area contributed by atoms with E-state index in [1.165, 1.54) is 31.2 Å². The second-order valence-corrected chi connectivity index (χ2v) is 6.22. The highest BCUT2D eigenvalue weighted by Gasteiger charge is 2.33. The molecule has 2 atom stereocenters. The van der Waals surface area contributed by atoms with Crippen LogP contribution in [0.2, 0.25) is 0 Å². The summed E-state index contributed by atoms with van der Waals surface area (Å²) in [6.07, 6.45) is 5.20. The smallest absolute Gasteiger partial charge is 0.307 e. The van der Waals surface area contributed by atoms with Gasteiger partial charge in [-0.3, -0.25) is 9.69 Å². The SMILES string of the molecule is O=C(O)Cc1ccccc1CN1CCCC1C1CCCN1. The Bertz CT molecular complexity index is 497. The Labute approximate surface area is 126 Å². The number of hydrogen-bond donors (Lipinski definition) is 2. The van der Waals surface area contributed by atoms with Crippen LogP contribution in [0.5, 0.6) is 0 Å². The predicted octanol–water partition coefficient (Wildman–Crippen LogP) is 2.03. The van der Waals surface area contributed by atoms with E-state index in [-0.39, 0.29) is 6.42 Å². The zero-order valence-corrected chi connectivity index (χ0v) is 12.4. The van der Waals surface area contributed by atoms with Gasteiger partial charge in [-0.15, -0.1) is 0 Å². The molecule has 2 unspecified atom stereocenters. The summed E-state index contributed by atoms with van der Waals surface area (Å²) < 4.78 is 0. The van der Waals surface area contributed by atoms with Crippen LogP contribution in [0.4, 0.5) is 0 Å². The number of likely N-dealkylation sites (tertiary alicyclic amines) is 1. The van der Waals surface area contributed by atoms with Gasteiger partial charge in [0.25, 0.3) is 0 Å². The molecule has 114 valence electrons. The molecule has 0 bridgehead atoms. The van der Waals surface area contributed by atoms with Crippen molar-refractivity contribution in [2.45, 2.75) is 50.7 Å². The number of rotatable bonds is 5. The van der Waals surface area contributed by atoms with E-state index in [2.05, 4.69) is 16.3 Å². The van der Waals surface area contributed by atoms with E-state index in [1.54, 1.807) is 0 Å². The third-order valence-electron chi connectivity index (χ3n) is 4.81. The minimum Gasteiger partial charge on any atom is -0.481 e. The lowest BCUT2D eigenvalue weighted by Gasteiger charge is -2.30. The normalized spacial score (nSPS) is 26.3. The topological polar surface area (TPSA) is 52.6 Å². The minimum atomic E-state index is -0.752. The summed E-state index contributed by atoms with van der Waals surface area (Å²) in [7, 11) is 0. The van der Waals surface area contributed by atoms with Gasteiger partial charge in [-0.05, 0) is 49.9 Å². The summed E-state index contributed by atoms with van der Waals surface area (Å²) in [6.45, 7) is 3.15. The van der Waals surface area contributed by atoms with Crippen LogP contribution in [0, 0.1) is 0 Å². The molecular formula is C17H24N2O2. The van der Waals surface area contributed by atoms with Crippen LogP contribution >= 0.6 is 0 Å². The minimum absolute atomic E-state index is 0.121. The van der Waals surface area contributed by atoms with Crippen molar-refractivity contribution in [2.24, 2.45) is 0 Å². The summed E-state index contributed by atoms with van der Waals surface area (Å²) in [5.74, 6) is -0.752. The predicted molar refractivity (Wildman–Crippen MR) is 82.2 cm³/mol. The van der Waals surface area contributed by atoms with Crippen molar-refractivity contribution in [3.63, 3.8) is 0 Å². The van der Waals surface area contributed by atoms with E-state index in [1.807, 2.05) is 18.2 Å². The molecule has 2 fully saturated rings. The Morgan fingerprint density at radius 1 is 1.24 bits per heavy atom. The second-order valence-electron chi connectivity index (χ2n) is 6.22. The van der Waals surface area contributed by atoms with E-state index in [0.29, 0.717) is 12.1 Å². The van der Waals surface area contributed by atoms with Gasteiger partial charge in [-0.25, -0.2) is 0 Å². The molecule has 2 heterocycles. The molecule has 21 heavy (non-hydrogen) atoms. The van der Waals surface area contributed by atoms with E-state index >= 15 is 0 Å². The van der Waals surface area contributed by atoms with Crippen LogP contribution in [-0.4, -0.2) is 41.1 Å². The fourth-order valence-corrected chi connectivity index (χ4v) is 3.81. The average Bonchev–Trinajstić information content (AvgIpc) is 3.10. The number of aliphatic carboxylic acids is 1. The van der Waals surface area contributed by atoms with Crippen molar-refractivity contribution in [2.75, 3.05) is 13.1 Å². The van der Waals surface area contributed by atoms with Gasteiger partial charge in [0.15, 0.2) is 0 Å². The summed E-state index contributed by atoms with van der Waals surface area (Å²) in [6, 6.07) is 9.21. The number of carbonyl (C=O) groups is 1. The maximum atomic E-state index is 11.0. The number of nitrogens with zero attached hydrogens (tertiary/aromatic N) is 1. The van der Waals surface area contributed by atoms with Crippen LogP contribution < -0.4 is 5.32 Å². The average molecular weight is 288 g/mol.